The Labute approximate surface area is 208 Å². The molecule has 2 heterocycles. The van der Waals surface area contributed by atoms with Crippen LogP contribution in [0.15, 0.2) is 65.7 Å². The topological polar surface area (TPSA) is 109 Å². The van der Waals surface area contributed by atoms with E-state index in [-0.39, 0.29) is 29.3 Å². The van der Waals surface area contributed by atoms with Crippen molar-refractivity contribution >= 4 is 39.1 Å². The fourth-order valence-corrected chi connectivity index (χ4v) is 5.59. The van der Waals surface area contributed by atoms with Crippen molar-refractivity contribution in [2.45, 2.75) is 4.90 Å². The number of ketones is 1. The number of aromatic amines is 1. The molecule has 1 N–H and O–H groups in total. The minimum Gasteiger partial charge on any atom is -0.495 e. The number of hydrogen-bond donors (Lipinski definition) is 1. The fourth-order valence-electron chi connectivity index (χ4n) is 3.80. The number of nitrogens with zero attached hydrogens (tertiary/aromatic N) is 2. The number of methoxy groups -OCH3 is 1. The van der Waals surface area contributed by atoms with Crippen molar-refractivity contribution in [2.24, 2.45) is 0 Å². The first-order valence-electron chi connectivity index (χ1n) is 10.8. The van der Waals surface area contributed by atoms with Crippen LogP contribution in [0.25, 0.3) is 0 Å². The molecule has 9 nitrogen and oxygen atoms in total. The third-order valence-electron chi connectivity index (χ3n) is 5.66. The highest BCUT2D eigenvalue weighted by Gasteiger charge is 2.32. The lowest BCUT2D eigenvalue weighted by Crippen LogP contribution is -2.48. The second kappa shape index (κ2) is 10.5. The van der Waals surface area contributed by atoms with Crippen molar-refractivity contribution in [3.63, 3.8) is 0 Å². The predicted molar refractivity (Wildman–Crippen MR) is 131 cm³/mol. The number of piperazine rings is 1. The highest BCUT2D eigenvalue weighted by atomic mass is 35.5. The molecule has 1 aromatic heterocycles. The van der Waals surface area contributed by atoms with Crippen LogP contribution in [-0.2, 0) is 14.8 Å². The standard InChI is InChI=1S/C24H24ClN3O6S/c1-33-22-8-7-17(24(30)34-16-21(29)20-6-3-9-26-20)14-23(22)35(31,32)28-12-10-27(11-13-28)19-5-2-4-18(25)15-19/h2-9,14-15,26H,10-13,16H2,1H3. The lowest BCUT2D eigenvalue weighted by Gasteiger charge is -2.35. The molecule has 1 fully saturated rings. The van der Waals surface area contributed by atoms with E-state index in [4.69, 9.17) is 21.1 Å². The van der Waals surface area contributed by atoms with Gasteiger partial charge in [-0.3, -0.25) is 4.79 Å². The number of carbonyl (C=O) groups excluding carboxylic acids is 2. The second-order valence-electron chi connectivity index (χ2n) is 7.82. The van der Waals surface area contributed by atoms with Gasteiger partial charge in [0.05, 0.1) is 18.4 Å². The Morgan fingerprint density at radius 3 is 2.46 bits per heavy atom. The molecule has 184 valence electrons. The van der Waals surface area contributed by atoms with Gasteiger partial charge >= 0.3 is 5.97 Å². The van der Waals surface area contributed by atoms with Crippen LogP contribution >= 0.6 is 11.6 Å². The molecule has 35 heavy (non-hydrogen) atoms. The minimum absolute atomic E-state index is 0.00113. The van der Waals surface area contributed by atoms with E-state index < -0.39 is 28.4 Å². The van der Waals surface area contributed by atoms with Crippen molar-refractivity contribution < 1.29 is 27.5 Å². The normalized spacial score (nSPS) is 14.5. The zero-order valence-electron chi connectivity index (χ0n) is 18.9. The van der Waals surface area contributed by atoms with Crippen LogP contribution in [0.5, 0.6) is 5.75 Å². The van der Waals surface area contributed by atoms with Gasteiger partial charge in [-0.15, -0.1) is 0 Å². The number of anilines is 1. The molecule has 0 atom stereocenters. The summed E-state index contributed by atoms with van der Waals surface area (Å²) in [7, 11) is -2.61. The van der Waals surface area contributed by atoms with E-state index in [1.54, 1.807) is 24.4 Å². The first-order chi connectivity index (χ1) is 16.8. The Morgan fingerprint density at radius 1 is 1.03 bits per heavy atom. The number of halogens is 1. The molecule has 1 aliphatic heterocycles. The van der Waals surface area contributed by atoms with Crippen LogP contribution in [0.4, 0.5) is 5.69 Å². The van der Waals surface area contributed by atoms with Crippen LogP contribution in [0.2, 0.25) is 5.02 Å². The smallest absolute Gasteiger partial charge is 0.338 e. The van der Waals surface area contributed by atoms with Gasteiger partial charge in [0.2, 0.25) is 15.8 Å². The third-order valence-corrected chi connectivity index (χ3v) is 7.82. The molecule has 0 unspecified atom stereocenters. The largest absolute Gasteiger partial charge is 0.495 e. The Balaban J connectivity index is 1.48. The van der Waals surface area contributed by atoms with E-state index in [1.807, 2.05) is 18.2 Å². The molecule has 0 radical (unpaired) electrons. The maximum Gasteiger partial charge on any atom is 0.338 e. The van der Waals surface area contributed by atoms with Gasteiger partial charge in [-0.25, -0.2) is 13.2 Å². The van der Waals surface area contributed by atoms with Gasteiger partial charge in [-0.1, -0.05) is 17.7 Å². The average molecular weight is 518 g/mol. The van der Waals surface area contributed by atoms with E-state index in [9.17, 15) is 18.0 Å². The van der Waals surface area contributed by atoms with Crippen LogP contribution in [0.1, 0.15) is 20.8 Å². The molecule has 0 saturated carbocycles. The molecule has 1 aliphatic rings. The summed E-state index contributed by atoms with van der Waals surface area (Å²) in [5.41, 5.74) is 1.24. The zero-order valence-corrected chi connectivity index (χ0v) is 20.5. The average Bonchev–Trinajstić information content (AvgIpc) is 3.42. The summed E-state index contributed by atoms with van der Waals surface area (Å²) in [6.07, 6.45) is 1.59. The summed E-state index contributed by atoms with van der Waals surface area (Å²) in [4.78, 5) is 29.3. The van der Waals surface area contributed by atoms with Gasteiger partial charge in [0.1, 0.15) is 10.6 Å². The first kappa shape index (κ1) is 24.8. The molecule has 0 aliphatic carbocycles. The lowest BCUT2D eigenvalue weighted by atomic mass is 10.2. The molecule has 3 aromatic rings. The van der Waals surface area contributed by atoms with Gasteiger partial charge in [-0.2, -0.15) is 4.31 Å². The number of hydrogen-bond acceptors (Lipinski definition) is 7. The van der Waals surface area contributed by atoms with E-state index in [1.165, 1.54) is 29.6 Å². The quantitative estimate of drug-likeness (QED) is 0.361. The van der Waals surface area contributed by atoms with Gasteiger partial charge in [0.25, 0.3) is 0 Å². The monoisotopic (exact) mass is 517 g/mol. The number of rotatable bonds is 8. The minimum atomic E-state index is -3.97. The number of esters is 1. The van der Waals surface area contributed by atoms with E-state index in [2.05, 4.69) is 9.88 Å². The maximum atomic E-state index is 13.5. The predicted octanol–water partition coefficient (Wildman–Crippen LogP) is 3.23. The van der Waals surface area contributed by atoms with Gasteiger partial charge in [0, 0.05) is 43.1 Å². The van der Waals surface area contributed by atoms with Crippen molar-refractivity contribution in [3.05, 3.63) is 77.1 Å². The Hall–Kier alpha value is -3.34. The highest BCUT2D eigenvalue weighted by molar-refractivity contribution is 7.89. The molecular formula is C24H24ClN3O6S. The number of carbonyl (C=O) groups is 2. The van der Waals surface area contributed by atoms with Crippen LogP contribution in [-0.4, -0.2) is 69.4 Å². The number of H-pyrrole nitrogens is 1. The van der Waals surface area contributed by atoms with Gasteiger partial charge in [-0.05, 0) is 48.5 Å². The number of ether oxygens (including phenoxy) is 2. The van der Waals surface area contributed by atoms with Crippen LogP contribution < -0.4 is 9.64 Å². The summed E-state index contributed by atoms with van der Waals surface area (Å²) >= 11 is 6.08. The molecular weight excluding hydrogens is 494 g/mol. The van der Waals surface area contributed by atoms with Crippen molar-refractivity contribution in [3.8, 4) is 5.75 Å². The van der Waals surface area contributed by atoms with Crippen LogP contribution in [0.3, 0.4) is 0 Å². The maximum absolute atomic E-state index is 13.5. The number of benzene rings is 2. The molecule has 11 heteroatoms. The first-order valence-corrected chi connectivity index (χ1v) is 12.6. The van der Waals surface area contributed by atoms with E-state index >= 15 is 0 Å². The fraction of sp³-hybridized carbons (Fsp3) is 0.250. The van der Waals surface area contributed by atoms with E-state index in [0.717, 1.165) is 5.69 Å². The molecule has 4 rings (SSSR count). The van der Waals surface area contributed by atoms with Gasteiger partial charge < -0.3 is 19.4 Å². The highest BCUT2D eigenvalue weighted by Crippen LogP contribution is 2.30. The number of aromatic nitrogens is 1. The Morgan fingerprint density at radius 2 is 1.80 bits per heavy atom. The molecule has 0 bridgehead atoms. The number of nitrogens with one attached hydrogen (secondary N) is 1. The lowest BCUT2D eigenvalue weighted by molar-refractivity contribution is 0.0473. The molecule has 0 spiro atoms. The number of Topliss-reactive ketones (excluding diaryl/α,β-unsaturated/α-hetero) is 1. The summed E-state index contributed by atoms with van der Waals surface area (Å²) in [6, 6.07) is 14.6. The Bertz CT molecular complexity index is 1320. The molecule has 1 saturated heterocycles. The zero-order chi connectivity index (χ0) is 25.0. The summed E-state index contributed by atoms with van der Waals surface area (Å²) < 4.78 is 38.6. The summed E-state index contributed by atoms with van der Waals surface area (Å²) in [6.45, 7) is 0.975. The SMILES string of the molecule is COc1ccc(C(=O)OCC(=O)c2ccc[nH]2)cc1S(=O)(=O)N1CCN(c2cccc(Cl)c2)CC1. The van der Waals surface area contributed by atoms with E-state index in [0.29, 0.717) is 23.8 Å². The summed E-state index contributed by atoms with van der Waals surface area (Å²) in [5, 5.41) is 0.612. The van der Waals surface area contributed by atoms with Crippen molar-refractivity contribution in [1.82, 2.24) is 9.29 Å². The number of sulfonamides is 1. The molecule has 2 aromatic carbocycles. The van der Waals surface area contributed by atoms with Crippen LogP contribution in [0, 0.1) is 0 Å². The Kier molecular flexibility index (Phi) is 7.44. The molecule has 0 amide bonds. The van der Waals surface area contributed by atoms with Crippen molar-refractivity contribution in [1.29, 1.82) is 0 Å². The third kappa shape index (κ3) is 5.50. The summed E-state index contributed by atoms with van der Waals surface area (Å²) in [5.74, 6) is -1.10. The second-order valence-corrected chi connectivity index (χ2v) is 10.2. The van der Waals surface area contributed by atoms with Gasteiger partial charge in [0.15, 0.2) is 6.61 Å². The van der Waals surface area contributed by atoms with Crippen molar-refractivity contribution in [2.75, 3.05) is 44.8 Å².